The van der Waals surface area contributed by atoms with Crippen molar-refractivity contribution in [1.82, 2.24) is 14.8 Å². The fraction of sp³-hybridized carbons (Fsp3) is 0.412. The van der Waals surface area contributed by atoms with E-state index in [1.54, 1.807) is 11.0 Å². The van der Waals surface area contributed by atoms with Gasteiger partial charge in [0.25, 0.3) is 0 Å². The topological polar surface area (TPSA) is 111 Å². The van der Waals surface area contributed by atoms with Crippen molar-refractivity contribution in [3.63, 3.8) is 0 Å². The molecule has 1 saturated carbocycles. The lowest BCUT2D eigenvalue weighted by atomic mass is 9.87. The van der Waals surface area contributed by atoms with Gasteiger partial charge in [-0.2, -0.15) is 10.1 Å². The van der Waals surface area contributed by atoms with Crippen molar-refractivity contribution < 1.29 is 0 Å². The van der Waals surface area contributed by atoms with Crippen LogP contribution >= 0.6 is 0 Å². The molecule has 0 atom stereocenters. The van der Waals surface area contributed by atoms with Crippen LogP contribution in [0, 0.1) is 0 Å². The molecule has 2 aromatic rings. The van der Waals surface area contributed by atoms with E-state index in [0.29, 0.717) is 12.5 Å². The zero-order valence-electron chi connectivity index (χ0n) is 14.0. The van der Waals surface area contributed by atoms with Crippen LogP contribution in [0.15, 0.2) is 46.9 Å². The van der Waals surface area contributed by atoms with Gasteiger partial charge in [-0.15, -0.1) is 0 Å². The zero-order chi connectivity index (χ0) is 17.3. The van der Waals surface area contributed by atoms with Crippen molar-refractivity contribution in [3.8, 4) is 0 Å². The van der Waals surface area contributed by atoms with Gasteiger partial charge in [0.1, 0.15) is 18.3 Å². The highest BCUT2D eigenvalue weighted by molar-refractivity contribution is 6.05. The van der Waals surface area contributed by atoms with E-state index in [1.807, 2.05) is 4.90 Å². The fourth-order valence-corrected chi connectivity index (χ4v) is 3.75. The number of nitrogens with two attached hydrogens (primary N) is 2. The lowest BCUT2D eigenvalue weighted by molar-refractivity contribution is 0.305. The summed E-state index contributed by atoms with van der Waals surface area (Å²) in [7, 11) is 0. The van der Waals surface area contributed by atoms with Gasteiger partial charge in [-0.25, -0.2) is 14.7 Å². The fourth-order valence-electron chi connectivity index (χ4n) is 3.75. The van der Waals surface area contributed by atoms with Crippen LogP contribution < -0.4 is 16.4 Å². The van der Waals surface area contributed by atoms with Gasteiger partial charge in [-0.05, 0) is 43.4 Å². The third-order valence-electron chi connectivity index (χ3n) is 4.86. The van der Waals surface area contributed by atoms with E-state index in [1.165, 1.54) is 12.7 Å². The average Bonchev–Trinajstić information content (AvgIpc) is 3.09. The van der Waals surface area contributed by atoms with Crippen LogP contribution in [0.25, 0.3) is 0 Å². The number of benzene rings is 1. The van der Waals surface area contributed by atoms with Gasteiger partial charge < -0.3 is 11.5 Å². The molecular weight excluding hydrogens is 316 g/mol. The molecule has 0 radical (unpaired) electrons. The summed E-state index contributed by atoms with van der Waals surface area (Å²) in [6, 6.07) is 8.26. The minimum Gasteiger partial charge on any atom is -0.369 e. The SMILES string of the molecule is NC1=NC2(CCCCC2)N(c2ccc(Cn3cncn3)cc2)C(N)=N1. The maximum Gasteiger partial charge on any atom is 0.220 e. The number of rotatable bonds is 3. The average molecular weight is 338 g/mol. The van der Waals surface area contributed by atoms with Crippen LogP contribution in [0.4, 0.5) is 5.69 Å². The number of aliphatic imine (C=N–C) groups is 2. The molecule has 130 valence electrons. The Bertz CT molecular complexity index is 785. The third-order valence-corrected chi connectivity index (χ3v) is 4.86. The first-order valence-electron chi connectivity index (χ1n) is 8.57. The molecule has 4 rings (SSSR count). The van der Waals surface area contributed by atoms with Crippen LogP contribution in [0.1, 0.15) is 37.7 Å². The summed E-state index contributed by atoms with van der Waals surface area (Å²) in [5.41, 5.74) is 13.9. The molecule has 0 unspecified atom stereocenters. The number of anilines is 1. The van der Waals surface area contributed by atoms with Crippen LogP contribution in [0.5, 0.6) is 0 Å². The summed E-state index contributed by atoms with van der Waals surface area (Å²) >= 11 is 0. The second kappa shape index (κ2) is 6.19. The van der Waals surface area contributed by atoms with Crippen molar-refractivity contribution in [1.29, 1.82) is 0 Å². The van der Waals surface area contributed by atoms with Crippen LogP contribution in [0.2, 0.25) is 0 Å². The van der Waals surface area contributed by atoms with E-state index in [-0.39, 0.29) is 5.96 Å². The van der Waals surface area contributed by atoms with Gasteiger partial charge in [-0.1, -0.05) is 18.6 Å². The normalized spacial score (nSPS) is 19.6. The second-order valence-corrected chi connectivity index (χ2v) is 6.58. The van der Waals surface area contributed by atoms with E-state index >= 15 is 0 Å². The smallest absolute Gasteiger partial charge is 0.220 e. The number of aromatic nitrogens is 3. The van der Waals surface area contributed by atoms with Crippen LogP contribution in [0.3, 0.4) is 0 Å². The predicted octanol–water partition coefficient (Wildman–Crippen LogP) is 1.44. The van der Waals surface area contributed by atoms with E-state index in [9.17, 15) is 0 Å². The van der Waals surface area contributed by atoms with Gasteiger partial charge in [0.15, 0.2) is 0 Å². The Morgan fingerprint density at radius 3 is 2.48 bits per heavy atom. The molecule has 8 heteroatoms. The molecule has 1 aliphatic carbocycles. The molecule has 4 N–H and O–H groups in total. The summed E-state index contributed by atoms with van der Waals surface area (Å²) in [5.74, 6) is 0.692. The summed E-state index contributed by atoms with van der Waals surface area (Å²) in [6.07, 6.45) is 8.57. The van der Waals surface area contributed by atoms with E-state index in [0.717, 1.165) is 36.9 Å². The first-order valence-corrected chi connectivity index (χ1v) is 8.57. The quantitative estimate of drug-likeness (QED) is 0.879. The van der Waals surface area contributed by atoms with Gasteiger partial charge >= 0.3 is 0 Å². The highest BCUT2D eigenvalue weighted by Gasteiger charge is 2.42. The summed E-state index contributed by atoms with van der Waals surface area (Å²) in [6.45, 7) is 0.681. The molecule has 0 amide bonds. The number of guanidine groups is 2. The van der Waals surface area contributed by atoms with Gasteiger partial charge in [0.2, 0.25) is 11.9 Å². The van der Waals surface area contributed by atoms with Gasteiger partial charge in [-0.3, -0.25) is 4.90 Å². The molecule has 25 heavy (non-hydrogen) atoms. The molecular formula is C17H22N8. The maximum absolute atomic E-state index is 6.25. The molecule has 2 heterocycles. The van der Waals surface area contributed by atoms with Crippen molar-refractivity contribution in [3.05, 3.63) is 42.5 Å². The van der Waals surface area contributed by atoms with E-state index < -0.39 is 5.66 Å². The number of hydrogen-bond acceptors (Lipinski definition) is 7. The van der Waals surface area contributed by atoms with Gasteiger partial charge in [0.05, 0.1) is 6.54 Å². The Hall–Kier alpha value is -2.90. The maximum atomic E-state index is 6.25. The zero-order valence-corrected chi connectivity index (χ0v) is 14.0. The minimum atomic E-state index is -0.401. The minimum absolute atomic E-state index is 0.276. The molecule has 1 spiro atoms. The standard InChI is InChI=1S/C17H22N8/c18-15-22-16(19)25(17(23-15)8-2-1-3-9-17)14-6-4-13(5-7-14)10-24-12-20-11-21-24/h4-7,11-12H,1-3,8-10H2,(H4,18,19,22,23). The molecule has 1 aliphatic heterocycles. The lowest BCUT2D eigenvalue weighted by Crippen LogP contribution is -2.58. The van der Waals surface area contributed by atoms with Crippen molar-refractivity contribution >= 4 is 17.6 Å². The van der Waals surface area contributed by atoms with Crippen molar-refractivity contribution in [2.45, 2.75) is 44.3 Å². The van der Waals surface area contributed by atoms with E-state index in [2.05, 4.69) is 39.3 Å². The molecule has 1 fully saturated rings. The molecule has 2 aliphatic rings. The molecule has 1 aromatic heterocycles. The Morgan fingerprint density at radius 1 is 1.04 bits per heavy atom. The highest BCUT2D eigenvalue weighted by atomic mass is 15.4. The second-order valence-electron chi connectivity index (χ2n) is 6.58. The van der Waals surface area contributed by atoms with E-state index in [4.69, 9.17) is 16.5 Å². The van der Waals surface area contributed by atoms with Crippen LogP contribution in [-0.4, -0.2) is 32.3 Å². The Morgan fingerprint density at radius 2 is 1.80 bits per heavy atom. The van der Waals surface area contributed by atoms with Crippen molar-refractivity contribution in [2.75, 3.05) is 4.90 Å². The summed E-state index contributed by atoms with van der Waals surface area (Å²) < 4.78 is 1.79. The first-order chi connectivity index (χ1) is 12.2. The Labute approximate surface area is 146 Å². The van der Waals surface area contributed by atoms with Crippen LogP contribution in [-0.2, 0) is 6.54 Å². The highest BCUT2D eigenvalue weighted by Crippen LogP contribution is 2.39. The largest absolute Gasteiger partial charge is 0.369 e. The van der Waals surface area contributed by atoms with Crippen molar-refractivity contribution in [2.24, 2.45) is 21.5 Å². The Balaban J connectivity index is 1.63. The number of nitrogens with zero attached hydrogens (tertiary/aromatic N) is 6. The van der Waals surface area contributed by atoms with Gasteiger partial charge in [0, 0.05) is 5.69 Å². The molecule has 0 saturated heterocycles. The summed E-state index contributed by atoms with van der Waals surface area (Å²) in [4.78, 5) is 14.9. The number of hydrogen-bond donors (Lipinski definition) is 2. The third kappa shape index (κ3) is 2.95. The molecule has 8 nitrogen and oxygen atoms in total. The Kier molecular flexibility index (Phi) is 3.87. The summed E-state index contributed by atoms with van der Waals surface area (Å²) in [5, 5.41) is 4.14. The lowest BCUT2D eigenvalue weighted by Gasteiger charge is -2.45. The monoisotopic (exact) mass is 338 g/mol. The molecule has 1 aromatic carbocycles. The predicted molar refractivity (Wildman–Crippen MR) is 97.1 cm³/mol. The molecule has 0 bridgehead atoms. The first kappa shape index (κ1) is 15.6.